The molecule has 2 rings (SSSR count). The van der Waals surface area contributed by atoms with E-state index < -0.39 is 11.6 Å². The first-order chi connectivity index (χ1) is 10.0. The fourth-order valence-corrected chi connectivity index (χ4v) is 2.78. The van der Waals surface area contributed by atoms with Gasteiger partial charge in [0.05, 0.1) is 0 Å². The van der Waals surface area contributed by atoms with Crippen molar-refractivity contribution in [3.63, 3.8) is 0 Å². The van der Waals surface area contributed by atoms with Gasteiger partial charge in [0.2, 0.25) is 0 Å². The summed E-state index contributed by atoms with van der Waals surface area (Å²) in [5.41, 5.74) is -0.0848. The summed E-state index contributed by atoms with van der Waals surface area (Å²) < 4.78 is 27.9. The molecule has 0 bridgehead atoms. The first-order valence-electron chi connectivity index (χ1n) is 7.54. The minimum Gasteiger partial charge on any atom is -0.380 e. The number of amides is 1. The van der Waals surface area contributed by atoms with Crippen molar-refractivity contribution >= 4 is 11.6 Å². The highest BCUT2D eigenvalue weighted by molar-refractivity contribution is 5.94. The summed E-state index contributed by atoms with van der Waals surface area (Å²) in [5, 5.41) is 2.71. The molecule has 21 heavy (non-hydrogen) atoms. The SMILES string of the molecule is CCCNc1c(F)cc(C(=O)N(C)C2CCCC2)cc1F. The highest BCUT2D eigenvalue weighted by atomic mass is 19.1. The third kappa shape index (κ3) is 3.52. The van der Waals surface area contributed by atoms with Crippen LogP contribution in [-0.2, 0) is 0 Å². The van der Waals surface area contributed by atoms with Gasteiger partial charge in [-0.05, 0) is 31.4 Å². The standard InChI is InChI=1S/C16H22F2N2O/c1-3-8-19-15-13(17)9-11(10-14(15)18)16(21)20(2)12-6-4-5-7-12/h9-10,12,19H,3-8H2,1-2H3. The van der Waals surface area contributed by atoms with Gasteiger partial charge in [-0.3, -0.25) is 4.79 Å². The second-order valence-corrected chi connectivity index (χ2v) is 5.60. The summed E-state index contributed by atoms with van der Waals surface area (Å²) in [7, 11) is 1.71. The molecule has 0 radical (unpaired) electrons. The van der Waals surface area contributed by atoms with E-state index >= 15 is 0 Å². The average Bonchev–Trinajstić information content (AvgIpc) is 2.99. The molecule has 5 heteroatoms. The summed E-state index contributed by atoms with van der Waals surface area (Å²) in [6.07, 6.45) is 4.90. The fraction of sp³-hybridized carbons (Fsp3) is 0.562. The van der Waals surface area contributed by atoms with E-state index in [0.717, 1.165) is 44.2 Å². The predicted molar refractivity (Wildman–Crippen MR) is 79.5 cm³/mol. The van der Waals surface area contributed by atoms with E-state index in [1.807, 2.05) is 6.92 Å². The Morgan fingerprint density at radius 1 is 1.29 bits per heavy atom. The lowest BCUT2D eigenvalue weighted by Crippen LogP contribution is -2.35. The monoisotopic (exact) mass is 296 g/mol. The number of carbonyl (C=O) groups excluding carboxylic acids is 1. The van der Waals surface area contributed by atoms with Gasteiger partial charge in [-0.15, -0.1) is 0 Å². The molecule has 1 aliphatic rings. The topological polar surface area (TPSA) is 32.3 Å². The highest BCUT2D eigenvalue weighted by Crippen LogP contribution is 2.26. The number of hydrogen-bond donors (Lipinski definition) is 1. The zero-order valence-electron chi connectivity index (χ0n) is 12.6. The van der Waals surface area contributed by atoms with Crippen LogP contribution < -0.4 is 5.32 Å². The van der Waals surface area contributed by atoms with Gasteiger partial charge in [0.25, 0.3) is 5.91 Å². The van der Waals surface area contributed by atoms with Gasteiger partial charge in [-0.25, -0.2) is 8.78 Å². The molecule has 1 aromatic rings. The number of carbonyl (C=O) groups is 1. The van der Waals surface area contributed by atoms with E-state index in [1.165, 1.54) is 0 Å². The summed E-state index contributed by atoms with van der Waals surface area (Å²) in [4.78, 5) is 13.9. The van der Waals surface area contributed by atoms with Gasteiger partial charge in [0.1, 0.15) is 17.3 Å². The maximum Gasteiger partial charge on any atom is 0.254 e. The van der Waals surface area contributed by atoms with Crippen molar-refractivity contribution in [2.75, 3.05) is 18.9 Å². The second-order valence-electron chi connectivity index (χ2n) is 5.60. The smallest absolute Gasteiger partial charge is 0.254 e. The molecule has 1 aromatic carbocycles. The average molecular weight is 296 g/mol. The van der Waals surface area contributed by atoms with Crippen LogP contribution in [0.5, 0.6) is 0 Å². The Balaban J connectivity index is 2.17. The van der Waals surface area contributed by atoms with E-state index in [-0.39, 0.29) is 23.2 Å². The molecule has 0 spiro atoms. The Hall–Kier alpha value is -1.65. The molecule has 3 nitrogen and oxygen atoms in total. The minimum absolute atomic E-state index is 0.0708. The maximum absolute atomic E-state index is 14.0. The minimum atomic E-state index is -0.716. The summed E-state index contributed by atoms with van der Waals surface area (Å²) in [5.74, 6) is -1.75. The molecule has 1 saturated carbocycles. The summed E-state index contributed by atoms with van der Waals surface area (Å²) >= 11 is 0. The molecule has 1 fully saturated rings. The van der Waals surface area contributed by atoms with Gasteiger partial charge in [-0.1, -0.05) is 19.8 Å². The Labute approximate surface area is 124 Å². The van der Waals surface area contributed by atoms with Crippen LogP contribution in [0, 0.1) is 11.6 Å². The zero-order valence-corrected chi connectivity index (χ0v) is 12.6. The van der Waals surface area contributed by atoms with Gasteiger partial charge in [0, 0.05) is 25.2 Å². The summed E-state index contributed by atoms with van der Waals surface area (Å²) in [6.45, 7) is 2.40. The van der Waals surface area contributed by atoms with Crippen LogP contribution in [-0.4, -0.2) is 30.4 Å². The Bertz CT molecular complexity index is 490. The third-order valence-electron chi connectivity index (χ3n) is 4.03. The third-order valence-corrected chi connectivity index (χ3v) is 4.03. The molecule has 0 atom stereocenters. The predicted octanol–water partition coefficient (Wildman–Crippen LogP) is 3.80. The lowest BCUT2D eigenvalue weighted by molar-refractivity contribution is 0.0734. The molecular weight excluding hydrogens is 274 g/mol. The Morgan fingerprint density at radius 2 is 1.86 bits per heavy atom. The van der Waals surface area contributed by atoms with E-state index in [1.54, 1.807) is 11.9 Å². The molecule has 1 N–H and O–H groups in total. The maximum atomic E-state index is 14.0. The van der Waals surface area contributed by atoms with Crippen molar-refractivity contribution in [1.82, 2.24) is 4.90 Å². The molecule has 1 aliphatic carbocycles. The molecule has 0 aromatic heterocycles. The molecule has 1 amide bonds. The van der Waals surface area contributed by atoms with Crippen molar-refractivity contribution in [2.24, 2.45) is 0 Å². The quantitative estimate of drug-likeness (QED) is 0.896. The molecule has 0 unspecified atom stereocenters. The first kappa shape index (κ1) is 15.7. The van der Waals surface area contributed by atoms with E-state index in [9.17, 15) is 13.6 Å². The van der Waals surface area contributed by atoms with Crippen molar-refractivity contribution < 1.29 is 13.6 Å². The number of anilines is 1. The normalized spacial score (nSPS) is 15.2. The number of benzene rings is 1. The van der Waals surface area contributed by atoms with Crippen LogP contribution in [0.15, 0.2) is 12.1 Å². The van der Waals surface area contributed by atoms with Crippen molar-refractivity contribution in [1.29, 1.82) is 0 Å². The molecule has 0 saturated heterocycles. The van der Waals surface area contributed by atoms with E-state index in [2.05, 4.69) is 5.32 Å². The molecule has 116 valence electrons. The van der Waals surface area contributed by atoms with Crippen molar-refractivity contribution in [2.45, 2.75) is 45.1 Å². The molecule has 0 aliphatic heterocycles. The van der Waals surface area contributed by atoms with Crippen LogP contribution >= 0.6 is 0 Å². The van der Waals surface area contributed by atoms with Crippen LogP contribution in [0.4, 0.5) is 14.5 Å². The van der Waals surface area contributed by atoms with Gasteiger partial charge in [-0.2, -0.15) is 0 Å². The Morgan fingerprint density at radius 3 is 2.38 bits per heavy atom. The number of nitrogens with one attached hydrogen (secondary N) is 1. The fourth-order valence-electron chi connectivity index (χ4n) is 2.78. The van der Waals surface area contributed by atoms with E-state index in [4.69, 9.17) is 0 Å². The van der Waals surface area contributed by atoms with Crippen LogP contribution in [0.2, 0.25) is 0 Å². The number of halogens is 2. The van der Waals surface area contributed by atoms with Crippen molar-refractivity contribution in [3.05, 3.63) is 29.3 Å². The van der Waals surface area contributed by atoms with Crippen LogP contribution in [0.25, 0.3) is 0 Å². The largest absolute Gasteiger partial charge is 0.380 e. The zero-order chi connectivity index (χ0) is 15.4. The van der Waals surface area contributed by atoms with E-state index in [0.29, 0.717) is 6.54 Å². The van der Waals surface area contributed by atoms with Gasteiger partial charge in [0.15, 0.2) is 0 Å². The lowest BCUT2D eigenvalue weighted by atomic mass is 10.1. The van der Waals surface area contributed by atoms with Crippen LogP contribution in [0.1, 0.15) is 49.4 Å². The molecule has 0 heterocycles. The summed E-state index contributed by atoms with van der Waals surface area (Å²) in [6, 6.07) is 2.42. The first-order valence-corrected chi connectivity index (χ1v) is 7.54. The molecular formula is C16H22F2N2O. The Kier molecular flexibility index (Phi) is 5.15. The van der Waals surface area contributed by atoms with Crippen molar-refractivity contribution in [3.8, 4) is 0 Å². The number of nitrogens with zero attached hydrogens (tertiary/aromatic N) is 1. The van der Waals surface area contributed by atoms with Crippen LogP contribution in [0.3, 0.4) is 0 Å². The second kappa shape index (κ2) is 6.87. The highest BCUT2D eigenvalue weighted by Gasteiger charge is 2.25. The van der Waals surface area contributed by atoms with Gasteiger partial charge >= 0.3 is 0 Å². The van der Waals surface area contributed by atoms with Gasteiger partial charge < -0.3 is 10.2 Å². The number of hydrogen-bond acceptors (Lipinski definition) is 2. The lowest BCUT2D eigenvalue weighted by Gasteiger charge is -2.24. The number of rotatable bonds is 5.